The Morgan fingerprint density at radius 1 is 0.821 bits per heavy atom. The van der Waals surface area contributed by atoms with Gasteiger partial charge in [-0.2, -0.15) is 0 Å². The van der Waals surface area contributed by atoms with Crippen molar-refractivity contribution in [3.63, 3.8) is 0 Å². The van der Waals surface area contributed by atoms with Crippen LogP contribution >= 0.6 is 0 Å². The molecule has 162 valence electrons. The highest BCUT2D eigenvalue weighted by atomic mass is 16.6. The Morgan fingerprint density at radius 3 is 1.71 bits per heavy atom. The normalized spacial score (nSPS) is 16.2. The van der Waals surface area contributed by atoms with Crippen molar-refractivity contribution in [3.05, 3.63) is 0 Å². The lowest BCUT2D eigenvalue weighted by molar-refractivity contribution is -0.161. The predicted molar refractivity (Wildman–Crippen MR) is 112 cm³/mol. The van der Waals surface area contributed by atoms with Gasteiger partial charge < -0.3 is 10.1 Å². The Morgan fingerprint density at radius 2 is 1.29 bits per heavy atom. The monoisotopic (exact) mass is 395 g/mol. The molecule has 0 aromatic heterocycles. The van der Waals surface area contributed by atoms with E-state index in [-0.39, 0.29) is 12.3 Å². The van der Waals surface area contributed by atoms with Crippen LogP contribution in [0.25, 0.3) is 0 Å². The topological polar surface area (TPSA) is 72.5 Å². The zero-order valence-corrected chi connectivity index (χ0v) is 17.9. The highest BCUT2D eigenvalue weighted by Gasteiger charge is 2.29. The van der Waals surface area contributed by atoms with Crippen LogP contribution in [0.3, 0.4) is 0 Å². The first-order valence-corrected chi connectivity index (χ1v) is 11.7. The highest BCUT2D eigenvalue weighted by molar-refractivity contribution is 5.93. The van der Waals surface area contributed by atoms with E-state index in [1.54, 1.807) is 0 Å². The van der Waals surface area contributed by atoms with E-state index in [0.29, 0.717) is 12.8 Å². The number of hydrogen-bond acceptors (Lipinski definition) is 4. The minimum absolute atomic E-state index is 0.156. The summed E-state index contributed by atoms with van der Waals surface area (Å²) >= 11 is 0. The number of rotatable bonds is 17. The molecule has 0 aromatic carbocycles. The standard InChI is InChI=1S/C23H41NO4/c1-2-3-4-5-6-7-8-9-10-11-12-13-14-15-16-17-22(26)28-23(27)20-18-19-21(25)24-20/h20H,2-19H2,1H3,(H,24,25)/t20-/m0/s1. The molecule has 0 unspecified atom stereocenters. The lowest BCUT2D eigenvalue weighted by atomic mass is 10.0. The van der Waals surface area contributed by atoms with E-state index >= 15 is 0 Å². The Hall–Kier alpha value is -1.39. The van der Waals surface area contributed by atoms with E-state index < -0.39 is 18.0 Å². The maximum atomic E-state index is 11.7. The number of nitrogens with one attached hydrogen (secondary N) is 1. The SMILES string of the molecule is CCCCCCCCCCCCCCCCCC(=O)OC(=O)[C@@H]1CCC(=O)N1. The molecule has 0 radical (unpaired) electrons. The molecule has 28 heavy (non-hydrogen) atoms. The quantitative estimate of drug-likeness (QED) is 0.198. The molecule has 0 aromatic rings. The summed E-state index contributed by atoms with van der Waals surface area (Å²) in [5, 5.41) is 2.52. The lowest BCUT2D eigenvalue weighted by Crippen LogP contribution is -2.35. The molecule has 5 heteroatoms. The number of carbonyl (C=O) groups excluding carboxylic acids is 3. The molecule has 1 N–H and O–H groups in total. The minimum atomic E-state index is -0.641. The fraction of sp³-hybridized carbons (Fsp3) is 0.870. The average molecular weight is 396 g/mol. The van der Waals surface area contributed by atoms with Gasteiger partial charge in [0.05, 0.1) is 0 Å². The van der Waals surface area contributed by atoms with Crippen molar-refractivity contribution in [1.29, 1.82) is 0 Å². The molecule has 1 rings (SSSR count). The van der Waals surface area contributed by atoms with Gasteiger partial charge in [0.1, 0.15) is 6.04 Å². The molecule has 0 saturated carbocycles. The maximum Gasteiger partial charge on any atom is 0.336 e. The van der Waals surface area contributed by atoms with Crippen LogP contribution in [0, 0.1) is 0 Å². The fourth-order valence-corrected chi connectivity index (χ4v) is 3.67. The summed E-state index contributed by atoms with van der Waals surface area (Å²) in [5.74, 6) is -1.24. The van der Waals surface area contributed by atoms with Gasteiger partial charge >= 0.3 is 11.9 Å². The van der Waals surface area contributed by atoms with Crippen molar-refractivity contribution in [1.82, 2.24) is 5.32 Å². The zero-order valence-electron chi connectivity index (χ0n) is 17.9. The number of ether oxygens (including phenoxy) is 1. The van der Waals surface area contributed by atoms with E-state index in [9.17, 15) is 14.4 Å². The van der Waals surface area contributed by atoms with Crippen LogP contribution in [0.5, 0.6) is 0 Å². The Kier molecular flexibility index (Phi) is 14.6. The first-order valence-electron chi connectivity index (χ1n) is 11.7. The van der Waals surface area contributed by atoms with Crippen molar-refractivity contribution in [3.8, 4) is 0 Å². The third-order valence-corrected chi connectivity index (χ3v) is 5.48. The van der Waals surface area contributed by atoms with Crippen LogP contribution < -0.4 is 5.32 Å². The molecule has 1 saturated heterocycles. The largest absolute Gasteiger partial charge is 0.392 e. The van der Waals surface area contributed by atoms with Gasteiger partial charge in [0, 0.05) is 12.8 Å². The Balaban J connectivity index is 1.80. The molecule has 1 aliphatic rings. The van der Waals surface area contributed by atoms with Gasteiger partial charge in [-0.05, 0) is 12.8 Å². The molecule has 0 aliphatic carbocycles. The number of carbonyl (C=O) groups is 3. The second-order valence-corrected chi connectivity index (χ2v) is 8.15. The molecule has 0 bridgehead atoms. The van der Waals surface area contributed by atoms with Crippen LogP contribution in [-0.4, -0.2) is 23.9 Å². The van der Waals surface area contributed by atoms with Crippen molar-refractivity contribution >= 4 is 17.8 Å². The fourth-order valence-electron chi connectivity index (χ4n) is 3.67. The highest BCUT2D eigenvalue weighted by Crippen LogP contribution is 2.14. The van der Waals surface area contributed by atoms with Gasteiger partial charge in [0.15, 0.2) is 0 Å². The molecule has 1 fully saturated rings. The van der Waals surface area contributed by atoms with Gasteiger partial charge in [-0.1, -0.05) is 96.8 Å². The second-order valence-electron chi connectivity index (χ2n) is 8.15. The van der Waals surface area contributed by atoms with Gasteiger partial charge in [0.25, 0.3) is 0 Å². The molecule has 1 amide bonds. The summed E-state index contributed by atoms with van der Waals surface area (Å²) in [6.07, 6.45) is 20.2. The number of amides is 1. The molecular formula is C23H41NO4. The van der Waals surface area contributed by atoms with Gasteiger partial charge in [-0.3, -0.25) is 9.59 Å². The van der Waals surface area contributed by atoms with Crippen molar-refractivity contribution in [2.45, 2.75) is 129 Å². The van der Waals surface area contributed by atoms with Crippen LogP contribution in [0.4, 0.5) is 0 Å². The maximum absolute atomic E-state index is 11.7. The summed E-state index contributed by atoms with van der Waals surface area (Å²) in [6.45, 7) is 2.26. The lowest BCUT2D eigenvalue weighted by Gasteiger charge is -2.08. The molecule has 0 spiro atoms. The van der Waals surface area contributed by atoms with E-state index in [1.807, 2.05) is 0 Å². The van der Waals surface area contributed by atoms with Crippen molar-refractivity contribution in [2.75, 3.05) is 0 Å². The van der Waals surface area contributed by atoms with E-state index in [0.717, 1.165) is 19.3 Å². The first kappa shape index (κ1) is 24.6. The third-order valence-electron chi connectivity index (χ3n) is 5.48. The molecule has 5 nitrogen and oxygen atoms in total. The minimum Gasteiger partial charge on any atom is -0.392 e. The smallest absolute Gasteiger partial charge is 0.336 e. The summed E-state index contributed by atoms with van der Waals surface area (Å²) < 4.78 is 4.81. The van der Waals surface area contributed by atoms with Crippen LogP contribution in [0.15, 0.2) is 0 Å². The zero-order chi connectivity index (χ0) is 20.5. The summed E-state index contributed by atoms with van der Waals surface area (Å²) in [7, 11) is 0. The van der Waals surface area contributed by atoms with Crippen LogP contribution in [0.1, 0.15) is 122 Å². The van der Waals surface area contributed by atoms with Crippen LogP contribution in [0.2, 0.25) is 0 Å². The summed E-state index contributed by atoms with van der Waals surface area (Å²) in [6, 6.07) is -0.641. The number of unbranched alkanes of at least 4 members (excludes halogenated alkanes) is 14. The van der Waals surface area contributed by atoms with E-state index in [1.165, 1.54) is 77.0 Å². The summed E-state index contributed by atoms with van der Waals surface area (Å²) in [4.78, 5) is 34.4. The Labute approximate surface area is 171 Å². The van der Waals surface area contributed by atoms with Gasteiger partial charge in [-0.25, -0.2) is 4.79 Å². The first-order chi connectivity index (χ1) is 13.6. The average Bonchev–Trinajstić information content (AvgIpc) is 3.11. The van der Waals surface area contributed by atoms with Gasteiger partial charge in [0.2, 0.25) is 5.91 Å². The molecule has 1 aliphatic heterocycles. The van der Waals surface area contributed by atoms with E-state index in [2.05, 4.69) is 12.2 Å². The Bertz CT molecular complexity index is 450. The summed E-state index contributed by atoms with van der Waals surface area (Å²) in [5.41, 5.74) is 0. The van der Waals surface area contributed by atoms with Crippen molar-refractivity contribution < 1.29 is 19.1 Å². The number of hydrogen-bond donors (Lipinski definition) is 1. The second kappa shape index (κ2) is 16.6. The molecule has 1 atom stereocenters. The number of esters is 2. The van der Waals surface area contributed by atoms with Gasteiger partial charge in [-0.15, -0.1) is 0 Å². The third kappa shape index (κ3) is 12.9. The van der Waals surface area contributed by atoms with E-state index in [4.69, 9.17) is 4.74 Å². The molecule has 1 heterocycles. The molecular weight excluding hydrogens is 354 g/mol. The predicted octanol–water partition coefficient (Wildman–Crippen LogP) is 5.60. The van der Waals surface area contributed by atoms with Crippen LogP contribution in [-0.2, 0) is 19.1 Å². The van der Waals surface area contributed by atoms with Crippen molar-refractivity contribution in [2.24, 2.45) is 0 Å².